The zero-order valence-corrected chi connectivity index (χ0v) is 9.61. The number of nitrogens with zero attached hydrogens (tertiary/aromatic N) is 4. The molecule has 3 aromatic rings. The second-order valence-corrected chi connectivity index (χ2v) is 3.96. The largest absolute Gasteiger partial charge is 0.399 e. The molecule has 0 spiro atoms. The summed E-state index contributed by atoms with van der Waals surface area (Å²) in [5.74, 6) is 1.46. The van der Waals surface area contributed by atoms with E-state index in [4.69, 9.17) is 5.73 Å². The van der Waals surface area contributed by atoms with Gasteiger partial charge >= 0.3 is 0 Å². The van der Waals surface area contributed by atoms with E-state index in [0.29, 0.717) is 12.4 Å². The summed E-state index contributed by atoms with van der Waals surface area (Å²) in [6, 6.07) is 7.47. The number of nitrogen functional groups attached to an aromatic ring is 1. The molecule has 18 heavy (non-hydrogen) atoms. The number of benzene rings is 1. The minimum absolute atomic E-state index is 0.627. The Morgan fingerprint density at radius 2 is 2.06 bits per heavy atom. The van der Waals surface area contributed by atoms with Gasteiger partial charge in [-0.25, -0.2) is 9.97 Å². The fraction of sp³-hybridized carbons (Fsp3) is 0.0833. The molecular formula is C12H12N6. The minimum atomic E-state index is 0.627. The van der Waals surface area contributed by atoms with Crippen LogP contribution in [0.2, 0.25) is 0 Å². The number of rotatable bonds is 3. The first-order valence-electron chi connectivity index (χ1n) is 5.54. The van der Waals surface area contributed by atoms with E-state index < -0.39 is 0 Å². The third-order valence-corrected chi connectivity index (χ3v) is 2.59. The van der Waals surface area contributed by atoms with Gasteiger partial charge in [0, 0.05) is 23.6 Å². The van der Waals surface area contributed by atoms with Crippen molar-refractivity contribution < 1.29 is 0 Å². The molecule has 0 atom stereocenters. The number of H-pyrrole nitrogens is 1. The quantitative estimate of drug-likeness (QED) is 0.676. The summed E-state index contributed by atoms with van der Waals surface area (Å²) in [6.07, 6.45) is 5.36. The molecule has 0 aliphatic carbocycles. The second kappa shape index (κ2) is 4.33. The fourth-order valence-electron chi connectivity index (χ4n) is 1.68. The highest BCUT2D eigenvalue weighted by Crippen LogP contribution is 2.16. The lowest BCUT2D eigenvalue weighted by molar-refractivity contribution is 0.747. The number of anilines is 1. The number of aromatic amines is 1. The fourth-order valence-corrected chi connectivity index (χ4v) is 1.68. The van der Waals surface area contributed by atoms with E-state index in [2.05, 4.69) is 20.2 Å². The van der Waals surface area contributed by atoms with Crippen LogP contribution in [0.5, 0.6) is 0 Å². The van der Waals surface area contributed by atoms with E-state index in [0.717, 1.165) is 17.1 Å². The van der Waals surface area contributed by atoms with Crippen molar-refractivity contribution in [3.05, 3.63) is 48.8 Å². The Morgan fingerprint density at radius 1 is 1.22 bits per heavy atom. The first-order chi connectivity index (χ1) is 8.81. The summed E-state index contributed by atoms with van der Waals surface area (Å²) in [5, 5.41) is 7.10. The van der Waals surface area contributed by atoms with Gasteiger partial charge in [-0.1, -0.05) is 0 Å². The van der Waals surface area contributed by atoms with Gasteiger partial charge in [0.05, 0.1) is 12.9 Å². The van der Waals surface area contributed by atoms with Gasteiger partial charge in [0.25, 0.3) is 0 Å². The summed E-state index contributed by atoms with van der Waals surface area (Å²) in [7, 11) is 0. The minimum Gasteiger partial charge on any atom is -0.399 e. The maximum atomic E-state index is 5.64. The molecule has 6 heteroatoms. The number of imidazole rings is 1. The molecule has 0 saturated heterocycles. The van der Waals surface area contributed by atoms with Crippen molar-refractivity contribution in [2.75, 3.05) is 5.73 Å². The van der Waals surface area contributed by atoms with Crippen LogP contribution in [0.15, 0.2) is 43.0 Å². The van der Waals surface area contributed by atoms with Gasteiger partial charge in [0.15, 0.2) is 5.82 Å². The number of hydrogen-bond acceptors (Lipinski definition) is 4. The number of nitrogens with one attached hydrogen (secondary N) is 1. The van der Waals surface area contributed by atoms with E-state index >= 15 is 0 Å². The van der Waals surface area contributed by atoms with Crippen molar-refractivity contribution in [3.63, 3.8) is 0 Å². The lowest BCUT2D eigenvalue weighted by Crippen LogP contribution is -1.98. The molecule has 0 unspecified atom stereocenters. The van der Waals surface area contributed by atoms with E-state index in [1.165, 1.54) is 0 Å². The van der Waals surface area contributed by atoms with Crippen molar-refractivity contribution in [1.82, 2.24) is 24.7 Å². The number of nitrogens with two attached hydrogens (primary N) is 1. The molecule has 0 fully saturated rings. The molecule has 2 heterocycles. The van der Waals surface area contributed by atoms with Gasteiger partial charge in [0.1, 0.15) is 5.82 Å². The van der Waals surface area contributed by atoms with Crippen LogP contribution in [0.4, 0.5) is 5.69 Å². The average molecular weight is 240 g/mol. The van der Waals surface area contributed by atoms with Crippen LogP contribution in [-0.4, -0.2) is 24.7 Å². The molecule has 0 aliphatic heterocycles. The van der Waals surface area contributed by atoms with Crippen LogP contribution in [-0.2, 0) is 6.54 Å². The maximum absolute atomic E-state index is 5.64. The maximum Gasteiger partial charge on any atom is 0.181 e. The first kappa shape index (κ1) is 10.5. The highest BCUT2D eigenvalue weighted by molar-refractivity contribution is 5.58. The number of hydrogen-bond donors (Lipinski definition) is 2. The predicted molar refractivity (Wildman–Crippen MR) is 67.6 cm³/mol. The zero-order valence-electron chi connectivity index (χ0n) is 9.61. The van der Waals surface area contributed by atoms with Crippen molar-refractivity contribution in [3.8, 4) is 11.4 Å². The topological polar surface area (TPSA) is 85.4 Å². The third kappa shape index (κ3) is 2.08. The first-order valence-corrected chi connectivity index (χ1v) is 5.54. The van der Waals surface area contributed by atoms with Crippen LogP contribution in [0, 0.1) is 0 Å². The molecule has 0 saturated carbocycles. The number of aromatic nitrogens is 5. The van der Waals surface area contributed by atoms with Crippen LogP contribution >= 0.6 is 0 Å². The molecule has 3 rings (SSSR count). The van der Waals surface area contributed by atoms with Gasteiger partial charge in [-0.2, -0.15) is 5.10 Å². The smallest absolute Gasteiger partial charge is 0.181 e. The Bertz CT molecular complexity index is 623. The van der Waals surface area contributed by atoms with Crippen LogP contribution in [0.25, 0.3) is 11.4 Å². The highest BCUT2D eigenvalue weighted by Gasteiger charge is 2.05. The van der Waals surface area contributed by atoms with Gasteiger partial charge in [0.2, 0.25) is 0 Å². The zero-order chi connectivity index (χ0) is 12.4. The Hall–Kier alpha value is -2.63. The van der Waals surface area contributed by atoms with E-state index in [1.807, 2.05) is 35.0 Å². The van der Waals surface area contributed by atoms with Crippen molar-refractivity contribution in [1.29, 1.82) is 0 Å². The molecule has 0 bridgehead atoms. The summed E-state index contributed by atoms with van der Waals surface area (Å²) in [4.78, 5) is 8.41. The van der Waals surface area contributed by atoms with Crippen LogP contribution in [0.1, 0.15) is 5.82 Å². The molecule has 0 aliphatic rings. The summed E-state index contributed by atoms with van der Waals surface area (Å²) in [6.45, 7) is 0.627. The lowest BCUT2D eigenvalue weighted by Gasteiger charge is -1.96. The molecular weight excluding hydrogens is 228 g/mol. The van der Waals surface area contributed by atoms with E-state index in [-0.39, 0.29) is 0 Å². The molecule has 3 N–H and O–H groups in total. The van der Waals surface area contributed by atoms with E-state index in [9.17, 15) is 0 Å². The highest BCUT2D eigenvalue weighted by atomic mass is 15.2. The van der Waals surface area contributed by atoms with Gasteiger partial charge in [-0.3, -0.25) is 5.10 Å². The van der Waals surface area contributed by atoms with Gasteiger partial charge < -0.3 is 10.3 Å². The summed E-state index contributed by atoms with van der Waals surface area (Å²) >= 11 is 0. The standard InChI is InChI=1S/C12H12N6/c13-10-3-1-9(2-4-10)12-15-11(16-17-12)7-18-6-5-14-8-18/h1-6,8H,7,13H2,(H,15,16,17). The Morgan fingerprint density at radius 3 is 2.78 bits per heavy atom. The van der Waals surface area contributed by atoms with Crippen molar-refractivity contribution >= 4 is 5.69 Å². The lowest BCUT2D eigenvalue weighted by atomic mass is 10.2. The van der Waals surface area contributed by atoms with Gasteiger partial charge in [-0.15, -0.1) is 0 Å². The van der Waals surface area contributed by atoms with E-state index in [1.54, 1.807) is 12.5 Å². The molecule has 90 valence electrons. The third-order valence-electron chi connectivity index (χ3n) is 2.59. The molecule has 1 aromatic carbocycles. The van der Waals surface area contributed by atoms with Crippen LogP contribution < -0.4 is 5.73 Å². The molecule has 2 aromatic heterocycles. The molecule has 0 amide bonds. The van der Waals surface area contributed by atoms with Crippen LogP contribution in [0.3, 0.4) is 0 Å². The van der Waals surface area contributed by atoms with Crippen molar-refractivity contribution in [2.24, 2.45) is 0 Å². The Balaban J connectivity index is 1.83. The summed E-state index contributed by atoms with van der Waals surface area (Å²) < 4.78 is 1.92. The molecule has 0 radical (unpaired) electrons. The Labute approximate surface area is 104 Å². The normalized spacial score (nSPS) is 10.7. The SMILES string of the molecule is Nc1ccc(-c2n[nH]c(Cn3ccnc3)n2)cc1. The molecule has 6 nitrogen and oxygen atoms in total. The predicted octanol–water partition coefficient (Wildman–Crippen LogP) is 1.30. The monoisotopic (exact) mass is 240 g/mol. The average Bonchev–Trinajstić information content (AvgIpc) is 3.02. The van der Waals surface area contributed by atoms with Crippen molar-refractivity contribution in [2.45, 2.75) is 6.54 Å². The summed E-state index contributed by atoms with van der Waals surface area (Å²) in [5.41, 5.74) is 7.31. The second-order valence-electron chi connectivity index (χ2n) is 3.96. The Kier molecular flexibility index (Phi) is 2.53. The van der Waals surface area contributed by atoms with Gasteiger partial charge in [-0.05, 0) is 24.3 Å².